The van der Waals surface area contributed by atoms with Crippen LogP contribution in [0, 0.1) is 6.92 Å². The highest BCUT2D eigenvalue weighted by atomic mass is 32.1. The highest BCUT2D eigenvalue weighted by Gasteiger charge is 2.06. The summed E-state index contributed by atoms with van der Waals surface area (Å²) >= 11 is 1.67. The van der Waals surface area contributed by atoms with E-state index in [-0.39, 0.29) is 0 Å². The quantitative estimate of drug-likeness (QED) is 0.555. The van der Waals surface area contributed by atoms with Gasteiger partial charge in [0.25, 0.3) is 0 Å². The van der Waals surface area contributed by atoms with Crippen LogP contribution in [0.25, 0.3) is 22.4 Å². The Hall–Kier alpha value is -2.79. The third-order valence-corrected chi connectivity index (χ3v) is 4.73. The number of aryl methyl sites for hydroxylation is 1. The van der Waals surface area contributed by atoms with Crippen LogP contribution in [0.5, 0.6) is 0 Å². The molecule has 0 aliphatic rings. The van der Waals surface area contributed by atoms with Crippen LogP contribution in [-0.4, -0.2) is 19.7 Å². The molecule has 4 nitrogen and oxygen atoms in total. The van der Waals surface area contributed by atoms with Gasteiger partial charge in [-0.05, 0) is 42.3 Å². The molecule has 4 rings (SSSR count). The second-order valence-electron chi connectivity index (χ2n) is 5.60. The molecular formula is C19H16N4S. The normalized spacial score (nSPS) is 10.9. The van der Waals surface area contributed by atoms with E-state index >= 15 is 0 Å². The third kappa shape index (κ3) is 3.12. The molecule has 24 heavy (non-hydrogen) atoms. The lowest BCUT2D eigenvalue weighted by Gasteiger charge is -2.04. The van der Waals surface area contributed by atoms with E-state index in [1.165, 1.54) is 5.56 Å². The van der Waals surface area contributed by atoms with Crippen LogP contribution in [0.1, 0.15) is 10.7 Å². The molecule has 0 aliphatic carbocycles. The van der Waals surface area contributed by atoms with Gasteiger partial charge in [-0.2, -0.15) is 5.10 Å². The third-order valence-electron chi connectivity index (χ3n) is 3.78. The van der Waals surface area contributed by atoms with Crippen molar-refractivity contribution >= 4 is 11.3 Å². The molecule has 0 radical (unpaired) electrons. The van der Waals surface area contributed by atoms with Gasteiger partial charge in [0.1, 0.15) is 5.01 Å². The van der Waals surface area contributed by atoms with Gasteiger partial charge in [-0.15, -0.1) is 11.3 Å². The van der Waals surface area contributed by atoms with E-state index in [9.17, 15) is 0 Å². The summed E-state index contributed by atoms with van der Waals surface area (Å²) in [5, 5.41) is 7.83. The number of hydrogen-bond acceptors (Lipinski definition) is 4. The molecule has 0 N–H and O–H groups in total. The molecule has 5 heteroatoms. The fraction of sp³-hybridized carbons (Fsp3) is 0.105. The molecule has 3 aromatic heterocycles. The maximum absolute atomic E-state index is 4.69. The van der Waals surface area contributed by atoms with Crippen LogP contribution in [0.15, 0.2) is 66.4 Å². The molecule has 0 unspecified atom stereocenters. The number of pyridine rings is 1. The van der Waals surface area contributed by atoms with E-state index in [2.05, 4.69) is 39.6 Å². The minimum absolute atomic E-state index is 0.711. The van der Waals surface area contributed by atoms with Crippen molar-refractivity contribution in [1.82, 2.24) is 19.7 Å². The summed E-state index contributed by atoms with van der Waals surface area (Å²) in [4.78, 5) is 8.57. The van der Waals surface area contributed by atoms with Gasteiger partial charge >= 0.3 is 0 Å². The van der Waals surface area contributed by atoms with Crippen molar-refractivity contribution < 1.29 is 0 Å². The lowest BCUT2D eigenvalue weighted by molar-refractivity contribution is 0.684. The summed E-state index contributed by atoms with van der Waals surface area (Å²) in [5.41, 5.74) is 5.47. The van der Waals surface area contributed by atoms with Gasteiger partial charge in [0.15, 0.2) is 0 Å². The first kappa shape index (κ1) is 14.8. The molecule has 0 bridgehead atoms. The zero-order valence-electron chi connectivity index (χ0n) is 13.3. The van der Waals surface area contributed by atoms with Crippen molar-refractivity contribution in [3.63, 3.8) is 0 Å². The zero-order chi connectivity index (χ0) is 16.4. The summed E-state index contributed by atoms with van der Waals surface area (Å²) in [6.07, 6.45) is 5.63. The Bertz CT molecular complexity index is 956. The summed E-state index contributed by atoms with van der Waals surface area (Å²) in [5.74, 6) is 0. The number of aromatic nitrogens is 4. The molecule has 0 spiro atoms. The molecule has 0 fully saturated rings. The fourth-order valence-corrected chi connectivity index (χ4v) is 3.38. The van der Waals surface area contributed by atoms with Crippen LogP contribution >= 0.6 is 11.3 Å². The van der Waals surface area contributed by atoms with Gasteiger partial charge in [0.05, 0.1) is 12.2 Å². The molecule has 0 amide bonds. The Morgan fingerprint density at radius 2 is 1.83 bits per heavy atom. The largest absolute Gasteiger partial charge is 0.265 e. The fourth-order valence-electron chi connectivity index (χ4n) is 2.62. The molecule has 0 aliphatic heterocycles. The minimum Gasteiger partial charge on any atom is -0.265 e. The first-order valence-electron chi connectivity index (χ1n) is 7.73. The number of benzene rings is 1. The average molecular weight is 332 g/mol. The van der Waals surface area contributed by atoms with Gasteiger partial charge in [0, 0.05) is 35.2 Å². The number of hydrogen-bond donors (Lipinski definition) is 0. The zero-order valence-corrected chi connectivity index (χ0v) is 14.1. The Kier molecular flexibility index (Phi) is 3.92. The van der Waals surface area contributed by atoms with Crippen molar-refractivity contribution in [2.45, 2.75) is 13.5 Å². The maximum Gasteiger partial charge on any atom is 0.114 e. The predicted octanol–water partition coefficient (Wildman–Crippen LogP) is 4.43. The van der Waals surface area contributed by atoms with Crippen LogP contribution in [0.2, 0.25) is 0 Å². The van der Waals surface area contributed by atoms with Gasteiger partial charge in [0.2, 0.25) is 0 Å². The van der Waals surface area contributed by atoms with Crippen LogP contribution in [0.4, 0.5) is 0 Å². The molecule has 3 heterocycles. The van der Waals surface area contributed by atoms with Crippen molar-refractivity contribution in [1.29, 1.82) is 0 Å². The van der Waals surface area contributed by atoms with Gasteiger partial charge < -0.3 is 0 Å². The highest BCUT2D eigenvalue weighted by Crippen LogP contribution is 2.25. The van der Waals surface area contributed by atoms with E-state index in [1.807, 2.05) is 48.4 Å². The molecule has 0 saturated heterocycles. The molecule has 0 atom stereocenters. The van der Waals surface area contributed by atoms with Crippen LogP contribution in [0.3, 0.4) is 0 Å². The van der Waals surface area contributed by atoms with E-state index < -0.39 is 0 Å². The highest BCUT2D eigenvalue weighted by molar-refractivity contribution is 7.09. The number of nitrogens with zero attached hydrogens (tertiary/aromatic N) is 4. The Morgan fingerprint density at radius 3 is 2.62 bits per heavy atom. The van der Waals surface area contributed by atoms with Crippen LogP contribution in [-0.2, 0) is 6.54 Å². The first-order valence-corrected chi connectivity index (χ1v) is 8.61. The lowest BCUT2D eigenvalue weighted by Crippen LogP contribution is -2.00. The van der Waals surface area contributed by atoms with E-state index in [0.717, 1.165) is 27.5 Å². The van der Waals surface area contributed by atoms with E-state index in [0.29, 0.717) is 6.54 Å². The maximum atomic E-state index is 4.69. The smallest absolute Gasteiger partial charge is 0.114 e. The van der Waals surface area contributed by atoms with Crippen LogP contribution < -0.4 is 0 Å². The summed E-state index contributed by atoms with van der Waals surface area (Å²) in [7, 11) is 0. The monoisotopic (exact) mass is 332 g/mol. The Morgan fingerprint density at radius 1 is 1.00 bits per heavy atom. The number of thiazole rings is 1. The van der Waals surface area contributed by atoms with Gasteiger partial charge in [-0.25, -0.2) is 4.98 Å². The Balaban J connectivity index is 1.60. The summed E-state index contributed by atoms with van der Waals surface area (Å²) < 4.78 is 1.94. The van der Waals surface area contributed by atoms with Crippen molar-refractivity contribution in [2.75, 3.05) is 0 Å². The molecule has 4 aromatic rings. The van der Waals surface area contributed by atoms with Gasteiger partial charge in [-0.1, -0.05) is 18.2 Å². The van der Waals surface area contributed by atoms with Crippen molar-refractivity contribution in [3.8, 4) is 22.4 Å². The summed E-state index contributed by atoms with van der Waals surface area (Å²) in [6.45, 7) is 2.72. The molecule has 1 aromatic carbocycles. The summed E-state index contributed by atoms with van der Waals surface area (Å²) in [6, 6.07) is 14.5. The van der Waals surface area contributed by atoms with Crippen molar-refractivity contribution in [2.24, 2.45) is 0 Å². The lowest BCUT2D eigenvalue weighted by atomic mass is 10.0. The van der Waals surface area contributed by atoms with E-state index in [4.69, 9.17) is 5.10 Å². The molecule has 0 saturated carbocycles. The average Bonchev–Trinajstić information content (AvgIpc) is 3.25. The predicted molar refractivity (Wildman–Crippen MR) is 96.8 cm³/mol. The SMILES string of the molecule is Cc1csc(Cn2ccc(-c3cccc(-c4ccncc4)c3)n2)n1. The number of rotatable bonds is 4. The molecule has 118 valence electrons. The second-order valence-corrected chi connectivity index (χ2v) is 6.54. The second kappa shape index (κ2) is 6.37. The standard InChI is InChI=1S/C19H16N4S/c1-14-13-24-19(21-14)12-23-10-7-18(22-23)17-4-2-3-16(11-17)15-5-8-20-9-6-15/h2-11,13H,12H2,1H3. The van der Waals surface area contributed by atoms with Gasteiger partial charge in [-0.3, -0.25) is 9.67 Å². The van der Waals surface area contributed by atoms with E-state index in [1.54, 1.807) is 11.3 Å². The Labute approximate surface area is 144 Å². The minimum atomic E-state index is 0.711. The topological polar surface area (TPSA) is 43.6 Å². The molecular weight excluding hydrogens is 316 g/mol. The van der Waals surface area contributed by atoms with Crippen molar-refractivity contribution in [3.05, 3.63) is 77.1 Å². The first-order chi connectivity index (χ1) is 11.8.